The third kappa shape index (κ3) is 21.3. The van der Waals surface area contributed by atoms with Crippen LogP contribution in [0.5, 0.6) is 11.5 Å². The topological polar surface area (TPSA) is 124 Å². The summed E-state index contributed by atoms with van der Waals surface area (Å²) in [6.45, 7) is 9.36. The average molecular weight is 631 g/mol. The number of carboxylic acids is 2. The van der Waals surface area contributed by atoms with Crippen molar-refractivity contribution >= 4 is 11.9 Å². The fourth-order valence-corrected chi connectivity index (χ4v) is 4.77. The number of carboxylic acid groups (broad SMARTS) is 2. The number of ether oxygens (including phenoxy) is 1. The first kappa shape index (κ1) is 41.9. The first-order chi connectivity index (χ1) is 21.7. The summed E-state index contributed by atoms with van der Waals surface area (Å²) in [5, 5.41) is 36.2. The molecule has 7 heteroatoms. The van der Waals surface area contributed by atoms with E-state index in [4.69, 9.17) is 14.9 Å². The number of hydrogen-bond acceptors (Lipinski definition) is 5. The lowest BCUT2D eigenvalue weighted by molar-refractivity contribution is 0.0681. The molecular formula is C38H62O7. The average Bonchev–Trinajstić information content (AvgIpc) is 3.03. The van der Waals surface area contributed by atoms with Gasteiger partial charge in [-0.1, -0.05) is 135 Å². The fraction of sp³-hybridized carbons (Fsp3) is 0.632. The number of aliphatic hydroxyl groups excluding tert-OH is 1. The molecule has 0 aliphatic heterocycles. The van der Waals surface area contributed by atoms with E-state index in [1.54, 1.807) is 18.2 Å². The second-order valence-electron chi connectivity index (χ2n) is 11.6. The monoisotopic (exact) mass is 630 g/mol. The molecular weight excluding hydrogens is 568 g/mol. The van der Waals surface area contributed by atoms with Crippen molar-refractivity contribution in [3.05, 3.63) is 59.2 Å². The highest BCUT2D eigenvalue weighted by Crippen LogP contribution is 2.26. The molecule has 1 atom stereocenters. The number of unbranched alkanes of at least 4 members (excludes halogenated alkanes) is 11. The molecule has 0 bridgehead atoms. The minimum atomic E-state index is -1.11. The molecule has 2 rings (SSSR count). The van der Waals surface area contributed by atoms with E-state index in [0.29, 0.717) is 17.9 Å². The van der Waals surface area contributed by atoms with Gasteiger partial charge in [0.05, 0.1) is 12.7 Å². The Bertz CT molecular complexity index is 1020. The molecule has 256 valence electrons. The minimum Gasteiger partial charge on any atom is -0.507 e. The Morgan fingerprint density at radius 2 is 1.13 bits per heavy atom. The number of para-hydroxylation sites is 2. The summed E-state index contributed by atoms with van der Waals surface area (Å²) >= 11 is 0. The summed E-state index contributed by atoms with van der Waals surface area (Å²) < 4.78 is 5.85. The summed E-state index contributed by atoms with van der Waals surface area (Å²) in [5.41, 5.74) is 1.25. The van der Waals surface area contributed by atoms with Crippen LogP contribution in [0.3, 0.4) is 0 Å². The molecule has 2 aromatic carbocycles. The smallest absolute Gasteiger partial charge is 0.339 e. The number of aryl methyl sites for hydroxylation is 1. The van der Waals surface area contributed by atoms with Crippen LogP contribution in [-0.4, -0.2) is 45.1 Å². The van der Waals surface area contributed by atoms with Gasteiger partial charge < -0.3 is 25.2 Å². The Morgan fingerprint density at radius 3 is 1.69 bits per heavy atom. The van der Waals surface area contributed by atoms with Gasteiger partial charge in [0.15, 0.2) is 0 Å². The fourth-order valence-electron chi connectivity index (χ4n) is 4.77. The van der Waals surface area contributed by atoms with Crippen LogP contribution >= 0.6 is 0 Å². The van der Waals surface area contributed by atoms with Crippen LogP contribution in [0.4, 0.5) is 0 Å². The molecule has 0 aromatic heterocycles. The molecule has 0 saturated heterocycles. The predicted molar refractivity (Wildman–Crippen MR) is 185 cm³/mol. The Morgan fingerprint density at radius 1 is 0.622 bits per heavy atom. The maximum absolute atomic E-state index is 11.4. The predicted octanol–water partition coefficient (Wildman–Crippen LogP) is 10.5. The van der Waals surface area contributed by atoms with Crippen molar-refractivity contribution in [2.24, 2.45) is 0 Å². The van der Waals surface area contributed by atoms with E-state index in [2.05, 4.69) is 27.7 Å². The van der Waals surface area contributed by atoms with E-state index in [-0.39, 0.29) is 17.4 Å². The summed E-state index contributed by atoms with van der Waals surface area (Å²) in [6.07, 6.45) is 21.1. The van der Waals surface area contributed by atoms with Crippen molar-refractivity contribution in [1.82, 2.24) is 0 Å². The molecule has 0 spiro atoms. The minimum absolute atomic E-state index is 0.0263. The third-order valence-corrected chi connectivity index (χ3v) is 7.54. The van der Waals surface area contributed by atoms with Crippen LogP contribution in [0.1, 0.15) is 163 Å². The first-order valence-electron chi connectivity index (χ1n) is 17.4. The van der Waals surface area contributed by atoms with Crippen molar-refractivity contribution < 1.29 is 34.8 Å². The van der Waals surface area contributed by atoms with Crippen LogP contribution in [0.15, 0.2) is 42.5 Å². The number of rotatable bonds is 22. The van der Waals surface area contributed by atoms with Crippen molar-refractivity contribution in [3.63, 3.8) is 0 Å². The van der Waals surface area contributed by atoms with Gasteiger partial charge in [-0.2, -0.15) is 0 Å². The van der Waals surface area contributed by atoms with Crippen LogP contribution in [0.25, 0.3) is 0 Å². The molecule has 0 radical (unpaired) electrons. The summed E-state index contributed by atoms with van der Waals surface area (Å²) in [4.78, 5) is 21.6. The second-order valence-corrected chi connectivity index (χ2v) is 11.6. The summed E-state index contributed by atoms with van der Waals surface area (Å²) in [5.74, 6) is -1.64. The van der Waals surface area contributed by atoms with Crippen molar-refractivity contribution in [2.45, 2.75) is 149 Å². The molecule has 0 heterocycles. The first-order valence-corrected chi connectivity index (χ1v) is 17.4. The van der Waals surface area contributed by atoms with Gasteiger partial charge in [0, 0.05) is 0 Å². The van der Waals surface area contributed by atoms with E-state index in [9.17, 15) is 19.8 Å². The molecule has 0 amide bonds. The van der Waals surface area contributed by atoms with Crippen LogP contribution in [0.2, 0.25) is 0 Å². The van der Waals surface area contributed by atoms with Gasteiger partial charge in [-0.25, -0.2) is 9.59 Å². The zero-order valence-electron chi connectivity index (χ0n) is 28.6. The largest absolute Gasteiger partial charge is 0.507 e. The van der Waals surface area contributed by atoms with Gasteiger partial charge in [0.1, 0.15) is 22.6 Å². The van der Waals surface area contributed by atoms with Gasteiger partial charge in [-0.05, 0) is 55.9 Å². The van der Waals surface area contributed by atoms with Crippen molar-refractivity contribution in [2.75, 3.05) is 6.61 Å². The van der Waals surface area contributed by atoms with E-state index in [0.717, 1.165) is 50.5 Å². The Balaban J connectivity index is 0.000000712. The highest BCUT2D eigenvalue weighted by atomic mass is 16.5. The highest BCUT2D eigenvalue weighted by molar-refractivity contribution is 5.91. The number of aromatic carboxylic acids is 2. The maximum atomic E-state index is 11.4. The lowest BCUT2D eigenvalue weighted by atomic mass is 10.0. The van der Waals surface area contributed by atoms with Gasteiger partial charge in [-0.3, -0.25) is 0 Å². The third-order valence-electron chi connectivity index (χ3n) is 7.54. The molecule has 4 N–H and O–H groups in total. The molecule has 0 fully saturated rings. The van der Waals surface area contributed by atoms with Crippen molar-refractivity contribution in [3.8, 4) is 11.5 Å². The second kappa shape index (κ2) is 28.4. The number of phenols is 1. The molecule has 0 saturated carbocycles. The standard InChI is InChI=1S/C19H30O3.C12H26O.C7H6O3/c1-3-5-7-8-9-10-15-22-18-16(12-6-4-2)13-11-14-17(18)19(20)21;1-3-5-7-8-9-11-12(13)10-6-4-2;8-6-4-2-1-3-5(6)7(9)10/h11,13-14H,3-10,12,15H2,1-2H3,(H,20,21);12-13H,3-11H2,1-2H3;1-4,8H,(H,9,10). The summed E-state index contributed by atoms with van der Waals surface area (Å²) in [7, 11) is 0. The zero-order valence-corrected chi connectivity index (χ0v) is 28.6. The van der Waals surface area contributed by atoms with E-state index >= 15 is 0 Å². The number of carbonyl (C=O) groups is 2. The maximum Gasteiger partial charge on any atom is 0.339 e. The summed E-state index contributed by atoms with van der Waals surface area (Å²) in [6, 6.07) is 11.2. The van der Waals surface area contributed by atoms with Crippen molar-refractivity contribution in [1.29, 1.82) is 0 Å². The van der Waals surface area contributed by atoms with E-state index < -0.39 is 11.9 Å². The molecule has 7 nitrogen and oxygen atoms in total. The molecule has 2 aromatic rings. The SMILES string of the molecule is CCCCCCCC(O)CCCC.CCCCCCCCOc1c(CCCC)cccc1C(=O)O.O=C(O)c1ccccc1O. The molecule has 0 aliphatic carbocycles. The Labute approximate surface area is 273 Å². The van der Waals surface area contributed by atoms with Crippen LogP contribution in [-0.2, 0) is 6.42 Å². The normalized spacial score (nSPS) is 11.0. The Kier molecular flexibility index (Phi) is 26.5. The lowest BCUT2D eigenvalue weighted by Gasteiger charge is -2.14. The van der Waals surface area contributed by atoms with Gasteiger partial charge in [0.25, 0.3) is 0 Å². The van der Waals surface area contributed by atoms with Gasteiger partial charge in [-0.15, -0.1) is 0 Å². The van der Waals surface area contributed by atoms with Crippen LogP contribution < -0.4 is 4.74 Å². The van der Waals surface area contributed by atoms with Gasteiger partial charge in [0.2, 0.25) is 0 Å². The molecule has 0 aliphatic rings. The lowest BCUT2D eigenvalue weighted by Crippen LogP contribution is -2.07. The number of hydrogen-bond donors (Lipinski definition) is 4. The van der Waals surface area contributed by atoms with E-state index in [1.165, 1.54) is 82.8 Å². The highest BCUT2D eigenvalue weighted by Gasteiger charge is 2.15. The number of aromatic hydroxyl groups is 1. The van der Waals surface area contributed by atoms with Gasteiger partial charge >= 0.3 is 11.9 Å². The Hall–Kier alpha value is -3.06. The molecule has 45 heavy (non-hydrogen) atoms. The number of aliphatic hydroxyl groups is 1. The quantitative estimate of drug-likeness (QED) is 0.0954. The number of benzene rings is 2. The molecule has 1 unspecified atom stereocenters. The van der Waals surface area contributed by atoms with E-state index in [1.807, 2.05) is 12.1 Å². The van der Waals surface area contributed by atoms with Crippen LogP contribution in [0, 0.1) is 0 Å². The zero-order chi connectivity index (χ0) is 33.7.